The molecule has 1 aromatic rings. The van der Waals surface area contributed by atoms with Crippen LogP contribution in [0.1, 0.15) is 25.3 Å². The molecule has 0 amide bonds. The minimum atomic E-state index is 0.158. The molecule has 1 nitrogen and oxygen atoms in total. The molecule has 0 bridgehead atoms. The van der Waals surface area contributed by atoms with Crippen molar-refractivity contribution < 1.29 is 0 Å². The van der Waals surface area contributed by atoms with E-state index in [0.29, 0.717) is 6.04 Å². The quantitative estimate of drug-likeness (QED) is 0.733. The fraction of sp³-hybridized carbons (Fsp3) is 0.455. The van der Waals surface area contributed by atoms with Gasteiger partial charge in [-0.1, -0.05) is 30.7 Å². The predicted octanol–water partition coefficient (Wildman–Crippen LogP) is 2.72. The van der Waals surface area contributed by atoms with Gasteiger partial charge in [-0.3, -0.25) is 0 Å². The maximum absolute atomic E-state index is 6.00. The first kappa shape index (κ1) is 9.04. The molecule has 1 fully saturated rings. The Kier molecular flexibility index (Phi) is 2.09. The lowest BCUT2D eigenvalue weighted by atomic mass is 9.62. The highest BCUT2D eigenvalue weighted by atomic mass is 35.5. The van der Waals surface area contributed by atoms with E-state index < -0.39 is 0 Å². The highest BCUT2D eigenvalue weighted by Crippen LogP contribution is 2.42. The summed E-state index contributed by atoms with van der Waals surface area (Å²) >= 11 is 5.94. The molecule has 0 saturated heterocycles. The maximum Gasteiger partial charge on any atom is 0.0408 e. The number of hydrogen-bond donors (Lipinski definition) is 1. The third kappa shape index (κ3) is 1.36. The van der Waals surface area contributed by atoms with Gasteiger partial charge in [-0.05, 0) is 30.5 Å². The van der Waals surface area contributed by atoms with E-state index in [0.717, 1.165) is 11.4 Å². The molecule has 2 N–H and O–H groups in total. The van der Waals surface area contributed by atoms with Crippen LogP contribution in [0.3, 0.4) is 0 Å². The monoisotopic (exact) mass is 195 g/mol. The second kappa shape index (κ2) is 3.00. The number of nitrogens with two attached hydrogens (primary N) is 1. The van der Waals surface area contributed by atoms with Crippen molar-refractivity contribution in [1.29, 1.82) is 0 Å². The fourth-order valence-corrected chi connectivity index (χ4v) is 2.14. The van der Waals surface area contributed by atoms with E-state index in [2.05, 4.69) is 13.0 Å². The van der Waals surface area contributed by atoms with Gasteiger partial charge in [0.1, 0.15) is 0 Å². The van der Waals surface area contributed by atoms with E-state index in [4.69, 9.17) is 17.3 Å². The molecule has 0 aromatic heterocycles. The van der Waals surface area contributed by atoms with Crippen LogP contribution >= 0.6 is 11.6 Å². The van der Waals surface area contributed by atoms with Crippen molar-refractivity contribution in [3.05, 3.63) is 34.9 Å². The van der Waals surface area contributed by atoms with Crippen LogP contribution in [0.4, 0.5) is 0 Å². The van der Waals surface area contributed by atoms with Gasteiger partial charge in [-0.25, -0.2) is 0 Å². The van der Waals surface area contributed by atoms with E-state index in [9.17, 15) is 0 Å². The van der Waals surface area contributed by atoms with E-state index in [1.807, 2.05) is 18.2 Å². The molecule has 13 heavy (non-hydrogen) atoms. The topological polar surface area (TPSA) is 26.0 Å². The molecule has 70 valence electrons. The average molecular weight is 196 g/mol. The normalized spacial score (nSPS) is 32.7. The maximum atomic E-state index is 6.00. The van der Waals surface area contributed by atoms with Crippen molar-refractivity contribution in [2.45, 2.75) is 31.2 Å². The minimum absolute atomic E-state index is 0.158. The number of rotatable bonds is 1. The zero-order chi connectivity index (χ0) is 9.47. The van der Waals surface area contributed by atoms with Crippen LogP contribution < -0.4 is 5.73 Å². The molecule has 1 saturated carbocycles. The van der Waals surface area contributed by atoms with Crippen molar-refractivity contribution in [3.8, 4) is 0 Å². The van der Waals surface area contributed by atoms with Crippen LogP contribution in [0.5, 0.6) is 0 Å². The summed E-state index contributed by atoms with van der Waals surface area (Å²) in [5, 5.41) is 0.804. The predicted molar refractivity (Wildman–Crippen MR) is 56.0 cm³/mol. The Hall–Kier alpha value is -0.530. The average Bonchev–Trinajstić information content (AvgIpc) is 2.14. The standard InChI is InChI=1S/C11H14ClN/c1-11(6-5-10(11)13)8-3-2-4-9(12)7-8/h2-4,7,10H,5-6,13H2,1H3. The van der Waals surface area contributed by atoms with Crippen molar-refractivity contribution in [3.63, 3.8) is 0 Å². The van der Waals surface area contributed by atoms with Gasteiger partial charge < -0.3 is 5.73 Å². The van der Waals surface area contributed by atoms with Gasteiger partial charge in [0.25, 0.3) is 0 Å². The van der Waals surface area contributed by atoms with E-state index in [1.165, 1.54) is 12.0 Å². The Balaban J connectivity index is 2.35. The number of benzene rings is 1. The second-order valence-electron chi connectivity index (χ2n) is 4.07. The third-order valence-electron chi connectivity index (χ3n) is 3.28. The van der Waals surface area contributed by atoms with Crippen molar-refractivity contribution in [1.82, 2.24) is 0 Å². The summed E-state index contributed by atoms with van der Waals surface area (Å²) in [5.74, 6) is 0. The number of halogens is 1. The van der Waals surface area contributed by atoms with Crippen LogP contribution in [0.25, 0.3) is 0 Å². The molecule has 0 aliphatic heterocycles. The summed E-state index contributed by atoms with van der Waals surface area (Å²) in [4.78, 5) is 0. The van der Waals surface area contributed by atoms with Gasteiger partial charge in [0.05, 0.1) is 0 Å². The largest absolute Gasteiger partial charge is 0.327 e. The molecular formula is C11H14ClN. The molecule has 1 aliphatic rings. The fourth-order valence-electron chi connectivity index (χ4n) is 1.95. The van der Waals surface area contributed by atoms with Crippen LogP contribution in [0.2, 0.25) is 5.02 Å². The summed E-state index contributed by atoms with van der Waals surface area (Å²) < 4.78 is 0. The highest BCUT2D eigenvalue weighted by molar-refractivity contribution is 6.30. The van der Waals surface area contributed by atoms with Crippen LogP contribution in [0.15, 0.2) is 24.3 Å². The lowest BCUT2D eigenvalue weighted by molar-refractivity contribution is 0.217. The lowest BCUT2D eigenvalue weighted by Crippen LogP contribution is -2.51. The van der Waals surface area contributed by atoms with Crippen LogP contribution in [-0.4, -0.2) is 6.04 Å². The molecule has 0 spiro atoms. The van der Waals surface area contributed by atoms with Gasteiger partial charge >= 0.3 is 0 Å². The summed E-state index contributed by atoms with van der Waals surface area (Å²) in [6, 6.07) is 8.34. The molecule has 0 heterocycles. The first-order valence-electron chi connectivity index (χ1n) is 4.64. The minimum Gasteiger partial charge on any atom is -0.327 e. The Morgan fingerprint density at radius 2 is 2.31 bits per heavy atom. The smallest absolute Gasteiger partial charge is 0.0408 e. The Morgan fingerprint density at radius 1 is 1.54 bits per heavy atom. The molecule has 0 radical (unpaired) electrons. The first-order chi connectivity index (χ1) is 6.13. The van der Waals surface area contributed by atoms with Gasteiger partial charge in [0, 0.05) is 16.5 Å². The van der Waals surface area contributed by atoms with Crippen molar-refractivity contribution >= 4 is 11.6 Å². The molecule has 2 rings (SSSR count). The summed E-state index contributed by atoms with van der Waals surface area (Å²) in [6.07, 6.45) is 2.30. The van der Waals surface area contributed by atoms with Gasteiger partial charge in [-0.15, -0.1) is 0 Å². The molecule has 1 aromatic carbocycles. The zero-order valence-electron chi connectivity index (χ0n) is 7.76. The van der Waals surface area contributed by atoms with Gasteiger partial charge in [-0.2, -0.15) is 0 Å². The Bertz CT molecular complexity index is 324. The van der Waals surface area contributed by atoms with E-state index in [1.54, 1.807) is 0 Å². The molecule has 1 aliphatic carbocycles. The van der Waals surface area contributed by atoms with Gasteiger partial charge in [0.2, 0.25) is 0 Å². The molecule has 2 heteroatoms. The van der Waals surface area contributed by atoms with E-state index >= 15 is 0 Å². The lowest BCUT2D eigenvalue weighted by Gasteiger charge is -2.45. The summed E-state index contributed by atoms with van der Waals surface area (Å²) in [7, 11) is 0. The Labute approximate surface area is 83.9 Å². The Morgan fingerprint density at radius 3 is 2.77 bits per heavy atom. The van der Waals surface area contributed by atoms with Crippen molar-refractivity contribution in [2.75, 3.05) is 0 Å². The second-order valence-corrected chi connectivity index (χ2v) is 4.51. The van der Waals surface area contributed by atoms with Crippen LogP contribution in [-0.2, 0) is 5.41 Å². The molecule has 2 atom stereocenters. The highest BCUT2D eigenvalue weighted by Gasteiger charge is 2.41. The zero-order valence-corrected chi connectivity index (χ0v) is 8.51. The summed E-state index contributed by atoms with van der Waals surface area (Å²) in [5.41, 5.74) is 7.43. The summed E-state index contributed by atoms with van der Waals surface area (Å²) in [6.45, 7) is 2.22. The third-order valence-corrected chi connectivity index (χ3v) is 3.51. The van der Waals surface area contributed by atoms with E-state index in [-0.39, 0.29) is 5.41 Å². The first-order valence-corrected chi connectivity index (χ1v) is 5.02. The van der Waals surface area contributed by atoms with Crippen LogP contribution in [0, 0.1) is 0 Å². The molecule has 2 unspecified atom stereocenters. The SMILES string of the molecule is CC1(c2cccc(Cl)c2)CCC1N. The van der Waals surface area contributed by atoms with Crippen molar-refractivity contribution in [2.24, 2.45) is 5.73 Å². The van der Waals surface area contributed by atoms with Gasteiger partial charge in [0.15, 0.2) is 0 Å². The molecular weight excluding hydrogens is 182 g/mol. The number of hydrogen-bond acceptors (Lipinski definition) is 1.